The van der Waals surface area contributed by atoms with E-state index in [0.29, 0.717) is 12.3 Å². The molecule has 0 unspecified atom stereocenters. The van der Waals surface area contributed by atoms with Crippen LogP contribution in [0, 0.1) is 0 Å². The largest absolute Gasteiger partial charge is 0.461 e. The Balaban J connectivity index is 0.00000169. The second-order valence-electron chi connectivity index (χ2n) is 2.41. The van der Waals surface area contributed by atoms with Crippen LogP contribution in [-0.2, 0) is 10.1 Å². The van der Waals surface area contributed by atoms with Gasteiger partial charge in [-0.05, 0) is 18.6 Å². The first kappa shape index (κ1) is 13.6. The second-order valence-corrected chi connectivity index (χ2v) is 2.97. The lowest BCUT2D eigenvalue weighted by Crippen LogP contribution is -2.06. The molecule has 1 heterocycles. The third-order valence-electron chi connectivity index (χ3n) is 1.46. The highest BCUT2D eigenvalue weighted by molar-refractivity contribution is 9.08. The summed E-state index contributed by atoms with van der Waals surface area (Å²) in [4.78, 5) is 15.1. The van der Waals surface area contributed by atoms with Gasteiger partial charge in [-0.25, -0.2) is 9.78 Å². The Kier molecular flexibility index (Phi) is 6.74. The zero-order valence-corrected chi connectivity index (χ0v) is 11.0. The number of pyridine rings is 1. The Morgan fingerprint density at radius 1 is 1.57 bits per heavy atom. The molecule has 0 aromatic carbocycles. The number of alkyl halides is 1. The van der Waals surface area contributed by atoms with E-state index in [1.54, 1.807) is 19.2 Å². The molecule has 0 aliphatic carbocycles. The van der Waals surface area contributed by atoms with Gasteiger partial charge < -0.3 is 4.74 Å². The maximum absolute atomic E-state index is 11.1. The molecule has 1 aromatic rings. The number of aromatic nitrogens is 1. The molecule has 0 fully saturated rings. The van der Waals surface area contributed by atoms with E-state index < -0.39 is 0 Å². The molecule has 0 amide bonds. The van der Waals surface area contributed by atoms with Gasteiger partial charge in [0.1, 0.15) is 5.69 Å². The van der Waals surface area contributed by atoms with Crippen LogP contribution in [-0.4, -0.2) is 17.6 Å². The van der Waals surface area contributed by atoms with E-state index in [1.165, 1.54) is 0 Å². The summed E-state index contributed by atoms with van der Waals surface area (Å²) < 4.78 is 4.79. The predicted octanol–water partition coefficient (Wildman–Crippen LogP) is 2.73. The molecule has 1 rings (SSSR count). The summed E-state index contributed by atoms with van der Waals surface area (Å²) in [7, 11) is 0. The molecule has 0 atom stereocenters. The summed E-state index contributed by atoms with van der Waals surface area (Å²) >= 11 is 3.29. The number of carbonyl (C=O) groups is 1. The Morgan fingerprint density at radius 2 is 2.29 bits per heavy atom. The zero-order valence-electron chi connectivity index (χ0n) is 7.70. The summed E-state index contributed by atoms with van der Waals surface area (Å²) in [5.74, 6) is -0.372. The van der Waals surface area contributed by atoms with Crippen molar-refractivity contribution in [2.24, 2.45) is 0 Å². The summed E-state index contributed by atoms with van der Waals surface area (Å²) in [6, 6.07) is 3.50. The fourth-order valence-electron chi connectivity index (χ4n) is 0.829. The van der Waals surface area contributed by atoms with E-state index in [0.717, 1.165) is 10.9 Å². The standard InChI is InChI=1S/C9H10BrNO2.BrH/c1-2-13-9(12)8-4-3-7(5-10)6-11-8;/h3-4,6H,2,5H2,1H3;1H. The number of rotatable bonds is 3. The van der Waals surface area contributed by atoms with Crippen LogP contribution in [0.25, 0.3) is 0 Å². The van der Waals surface area contributed by atoms with Crippen LogP contribution >= 0.6 is 32.9 Å². The van der Waals surface area contributed by atoms with Crippen molar-refractivity contribution in [3.8, 4) is 0 Å². The van der Waals surface area contributed by atoms with Crippen molar-refractivity contribution in [3.05, 3.63) is 29.6 Å². The Bertz CT molecular complexity index is 287. The van der Waals surface area contributed by atoms with Gasteiger partial charge in [0.15, 0.2) is 0 Å². The van der Waals surface area contributed by atoms with Crippen LogP contribution in [0.1, 0.15) is 23.0 Å². The summed E-state index contributed by atoms with van der Waals surface area (Å²) in [5, 5.41) is 0.739. The third kappa shape index (κ3) is 3.75. The number of carbonyl (C=O) groups excluding carboxylic acids is 1. The molecule has 0 aliphatic rings. The molecule has 5 heteroatoms. The molecule has 0 spiro atoms. The van der Waals surface area contributed by atoms with Crippen molar-refractivity contribution in [1.29, 1.82) is 0 Å². The van der Waals surface area contributed by atoms with Crippen molar-refractivity contribution in [3.63, 3.8) is 0 Å². The average Bonchev–Trinajstić information content (AvgIpc) is 2.18. The first-order valence-electron chi connectivity index (χ1n) is 3.96. The van der Waals surface area contributed by atoms with Gasteiger partial charge in [0.2, 0.25) is 0 Å². The normalized spacial score (nSPS) is 9.00. The Hall–Kier alpha value is -0.420. The summed E-state index contributed by atoms with van der Waals surface area (Å²) in [6.45, 7) is 2.14. The highest BCUT2D eigenvalue weighted by Gasteiger charge is 2.06. The van der Waals surface area contributed by atoms with Gasteiger partial charge in [-0.1, -0.05) is 22.0 Å². The maximum atomic E-state index is 11.1. The number of hydrogen-bond acceptors (Lipinski definition) is 3. The van der Waals surface area contributed by atoms with Crippen LogP contribution in [0.2, 0.25) is 0 Å². The van der Waals surface area contributed by atoms with Gasteiger partial charge in [-0.3, -0.25) is 0 Å². The molecule has 0 radical (unpaired) electrons. The smallest absolute Gasteiger partial charge is 0.356 e. The van der Waals surface area contributed by atoms with Crippen LogP contribution < -0.4 is 0 Å². The summed E-state index contributed by atoms with van der Waals surface area (Å²) in [6.07, 6.45) is 1.65. The fraction of sp³-hybridized carbons (Fsp3) is 0.333. The highest BCUT2D eigenvalue weighted by Crippen LogP contribution is 2.05. The van der Waals surface area contributed by atoms with E-state index in [1.807, 2.05) is 6.07 Å². The minimum atomic E-state index is -0.372. The van der Waals surface area contributed by atoms with Crippen molar-refractivity contribution in [1.82, 2.24) is 4.98 Å². The molecule has 0 aliphatic heterocycles. The van der Waals surface area contributed by atoms with E-state index in [4.69, 9.17) is 4.74 Å². The van der Waals surface area contributed by atoms with E-state index >= 15 is 0 Å². The predicted molar refractivity (Wildman–Crippen MR) is 63.1 cm³/mol. The van der Waals surface area contributed by atoms with Gasteiger partial charge in [-0.2, -0.15) is 0 Å². The summed E-state index contributed by atoms with van der Waals surface area (Å²) in [5.41, 5.74) is 1.39. The molecular formula is C9H11Br2NO2. The third-order valence-corrected chi connectivity index (χ3v) is 2.11. The van der Waals surface area contributed by atoms with Crippen LogP contribution in [0.15, 0.2) is 18.3 Å². The Morgan fingerprint density at radius 3 is 2.71 bits per heavy atom. The van der Waals surface area contributed by atoms with Crippen LogP contribution in [0.3, 0.4) is 0 Å². The van der Waals surface area contributed by atoms with Crippen molar-refractivity contribution < 1.29 is 9.53 Å². The quantitative estimate of drug-likeness (QED) is 0.634. The molecule has 14 heavy (non-hydrogen) atoms. The number of halogens is 2. The van der Waals surface area contributed by atoms with E-state index in [-0.39, 0.29) is 23.0 Å². The van der Waals surface area contributed by atoms with Crippen molar-refractivity contribution >= 4 is 38.9 Å². The van der Waals surface area contributed by atoms with Crippen LogP contribution in [0.4, 0.5) is 0 Å². The molecule has 3 nitrogen and oxygen atoms in total. The molecule has 0 saturated carbocycles. The van der Waals surface area contributed by atoms with Crippen molar-refractivity contribution in [2.45, 2.75) is 12.3 Å². The number of ether oxygens (including phenoxy) is 1. The van der Waals surface area contributed by atoms with Gasteiger partial charge in [-0.15, -0.1) is 17.0 Å². The maximum Gasteiger partial charge on any atom is 0.356 e. The lowest BCUT2D eigenvalue weighted by Gasteiger charge is -2.00. The SMILES string of the molecule is Br.CCOC(=O)c1ccc(CBr)cn1. The van der Waals surface area contributed by atoms with E-state index in [2.05, 4.69) is 20.9 Å². The second kappa shape index (κ2) is 6.95. The number of nitrogens with zero attached hydrogens (tertiary/aromatic N) is 1. The first-order valence-corrected chi connectivity index (χ1v) is 5.08. The molecule has 78 valence electrons. The Labute approximate surface area is 102 Å². The minimum Gasteiger partial charge on any atom is -0.461 e. The molecule has 1 aromatic heterocycles. The number of esters is 1. The fourth-order valence-corrected chi connectivity index (χ4v) is 1.16. The van der Waals surface area contributed by atoms with Gasteiger partial charge in [0.25, 0.3) is 0 Å². The number of hydrogen-bond donors (Lipinski definition) is 0. The average molecular weight is 325 g/mol. The topological polar surface area (TPSA) is 39.2 Å². The van der Waals surface area contributed by atoms with Crippen molar-refractivity contribution in [2.75, 3.05) is 6.61 Å². The lowest BCUT2D eigenvalue weighted by molar-refractivity contribution is 0.0519. The zero-order chi connectivity index (χ0) is 9.68. The van der Waals surface area contributed by atoms with Gasteiger partial charge in [0.05, 0.1) is 6.61 Å². The molecule has 0 N–H and O–H groups in total. The van der Waals surface area contributed by atoms with Gasteiger partial charge in [0, 0.05) is 11.5 Å². The first-order chi connectivity index (χ1) is 6.27. The molecule has 0 saturated heterocycles. The molecular weight excluding hydrogens is 314 g/mol. The van der Waals surface area contributed by atoms with E-state index in [9.17, 15) is 4.79 Å². The monoisotopic (exact) mass is 323 g/mol. The van der Waals surface area contributed by atoms with Crippen LogP contribution in [0.5, 0.6) is 0 Å². The molecule has 0 bridgehead atoms. The lowest BCUT2D eigenvalue weighted by atomic mass is 10.3. The highest BCUT2D eigenvalue weighted by atomic mass is 79.9. The van der Waals surface area contributed by atoms with Gasteiger partial charge >= 0.3 is 5.97 Å². The minimum absolute atomic E-state index is 0.